The standard InChI is InChI=1S/C19H6F12N2O2/c1-4-8(17(35)33(32-4)15-13(24)11(22)10(21)12(23)14(15)25)16(34)5-2-6(18(26,27)28)9(20)7(3-5)19(29,30)31/h2-3,32H,1H3. The van der Waals surface area contributed by atoms with Crippen molar-refractivity contribution in [3.05, 3.63) is 85.3 Å². The number of nitrogens with one attached hydrogen (secondary N) is 1. The van der Waals surface area contributed by atoms with Gasteiger partial charge in [-0.25, -0.2) is 31.0 Å². The average molecular weight is 522 g/mol. The first-order valence-electron chi connectivity index (χ1n) is 8.75. The third kappa shape index (κ3) is 4.16. The quantitative estimate of drug-likeness (QED) is 0.212. The summed E-state index contributed by atoms with van der Waals surface area (Å²) in [5, 5.41) is 1.77. The predicted octanol–water partition coefficient (Wildman–Crippen LogP) is 5.58. The lowest BCUT2D eigenvalue weighted by molar-refractivity contribution is -0.147. The van der Waals surface area contributed by atoms with Gasteiger partial charge in [-0.2, -0.15) is 26.3 Å². The van der Waals surface area contributed by atoms with Gasteiger partial charge in [-0.3, -0.25) is 14.7 Å². The number of aryl methyl sites for hydroxylation is 1. The largest absolute Gasteiger partial charge is 0.419 e. The summed E-state index contributed by atoms with van der Waals surface area (Å²) in [6.07, 6.45) is -11.4. The summed E-state index contributed by atoms with van der Waals surface area (Å²) >= 11 is 0. The average Bonchev–Trinajstić information content (AvgIpc) is 3.02. The van der Waals surface area contributed by atoms with E-state index in [9.17, 15) is 62.3 Å². The lowest BCUT2D eigenvalue weighted by atomic mass is 9.97. The van der Waals surface area contributed by atoms with Crippen LogP contribution in [-0.4, -0.2) is 15.6 Å². The van der Waals surface area contributed by atoms with E-state index >= 15 is 0 Å². The lowest BCUT2D eigenvalue weighted by Crippen LogP contribution is -2.24. The van der Waals surface area contributed by atoms with Gasteiger partial charge in [-0.05, 0) is 19.1 Å². The molecule has 0 saturated heterocycles. The molecule has 0 aliphatic carbocycles. The Bertz CT molecular complexity index is 1370. The van der Waals surface area contributed by atoms with E-state index < -0.39 is 92.2 Å². The van der Waals surface area contributed by atoms with Gasteiger partial charge in [0.15, 0.2) is 23.3 Å². The summed E-state index contributed by atoms with van der Waals surface area (Å²) in [5.74, 6) is -17.3. The Morgan fingerprint density at radius 3 is 1.54 bits per heavy atom. The SMILES string of the molecule is Cc1[nH]n(-c2c(F)c(F)c(F)c(F)c2F)c(=O)c1C(=O)c1cc(C(F)(F)F)c(F)c(C(F)(F)F)c1. The number of aromatic nitrogens is 2. The molecule has 16 heteroatoms. The number of nitrogens with zero attached hydrogens (tertiary/aromatic N) is 1. The Hall–Kier alpha value is -3.72. The molecule has 0 saturated carbocycles. The van der Waals surface area contributed by atoms with E-state index in [1.54, 1.807) is 5.10 Å². The fraction of sp³-hybridized carbons (Fsp3) is 0.158. The van der Waals surface area contributed by atoms with Crippen molar-refractivity contribution in [2.45, 2.75) is 19.3 Å². The number of hydrogen-bond donors (Lipinski definition) is 1. The van der Waals surface area contributed by atoms with Crippen LogP contribution in [0.25, 0.3) is 5.69 Å². The fourth-order valence-electron chi connectivity index (χ4n) is 3.07. The van der Waals surface area contributed by atoms with Crippen molar-refractivity contribution in [3.63, 3.8) is 0 Å². The van der Waals surface area contributed by atoms with E-state index in [2.05, 4.69) is 0 Å². The molecule has 0 radical (unpaired) electrons. The topological polar surface area (TPSA) is 54.9 Å². The molecule has 1 N–H and O–H groups in total. The molecule has 0 aliphatic rings. The molecule has 1 aromatic heterocycles. The molecule has 3 aromatic rings. The first-order valence-corrected chi connectivity index (χ1v) is 8.75. The molecule has 3 rings (SSSR count). The molecule has 0 bridgehead atoms. The van der Waals surface area contributed by atoms with Crippen LogP contribution < -0.4 is 5.56 Å². The molecule has 0 aliphatic heterocycles. The van der Waals surface area contributed by atoms with Gasteiger partial charge in [-0.1, -0.05) is 0 Å². The van der Waals surface area contributed by atoms with Crippen LogP contribution in [0.4, 0.5) is 52.7 Å². The maximum absolute atomic E-state index is 14.1. The number of H-pyrrole nitrogens is 1. The van der Waals surface area contributed by atoms with Crippen LogP contribution in [0.1, 0.15) is 32.7 Å². The first-order chi connectivity index (χ1) is 15.9. The summed E-state index contributed by atoms with van der Waals surface area (Å²) in [4.78, 5) is 25.2. The van der Waals surface area contributed by atoms with E-state index in [0.29, 0.717) is 0 Å². The van der Waals surface area contributed by atoms with Gasteiger partial charge in [0.2, 0.25) is 11.6 Å². The molecule has 4 nitrogen and oxygen atoms in total. The lowest BCUT2D eigenvalue weighted by Gasteiger charge is -2.15. The predicted molar refractivity (Wildman–Crippen MR) is 90.8 cm³/mol. The van der Waals surface area contributed by atoms with E-state index in [4.69, 9.17) is 0 Å². The number of carbonyl (C=O) groups is 1. The second-order valence-electron chi connectivity index (χ2n) is 6.88. The summed E-state index contributed by atoms with van der Waals surface area (Å²) < 4.78 is 160. The van der Waals surface area contributed by atoms with Crippen LogP contribution in [0, 0.1) is 41.8 Å². The third-order valence-corrected chi connectivity index (χ3v) is 4.65. The fourth-order valence-corrected chi connectivity index (χ4v) is 3.07. The van der Waals surface area contributed by atoms with Crippen LogP contribution >= 0.6 is 0 Å². The second kappa shape index (κ2) is 8.20. The van der Waals surface area contributed by atoms with Crippen molar-refractivity contribution >= 4 is 5.78 Å². The normalized spacial score (nSPS) is 12.4. The molecule has 35 heavy (non-hydrogen) atoms. The molecule has 0 unspecified atom stereocenters. The molecule has 0 atom stereocenters. The Morgan fingerprint density at radius 2 is 1.14 bits per heavy atom. The van der Waals surface area contributed by atoms with Crippen LogP contribution in [0.3, 0.4) is 0 Å². The van der Waals surface area contributed by atoms with Gasteiger partial charge in [0.05, 0.1) is 11.1 Å². The van der Waals surface area contributed by atoms with Gasteiger partial charge in [0.1, 0.15) is 17.1 Å². The minimum Gasteiger partial charge on any atom is -0.294 e. The third-order valence-electron chi connectivity index (χ3n) is 4.65. The number of carbonyl (C=O) groups excluding carboxylic acids is 1. The van der Waals surface area contributed by atoms with Gasteiger partial charge < -0.3 is 0 Å². The van der Waals surface area contributed by atoms with Gasteiger partial charge in [0, 0.05) is 11.3 Å². The van der Waals surface area contributed by atoms with Crippen molar-refractivity contribution < 1.29 is 57.5 Å². The van der Waals surface area contributed by atoms with Crippen molar-refractivity contribution in [2.75, 3.05) is 0 Å². The summed E-state index contributed by atoms with van der Waals surface area (Å²) in [6.45, 7) is 0.788. The molecule has 2 aromatic carbocycles. The zero-order valence-corrected chi connectivity index (χ0v) is 16.5. The number of hydrogen-bond acceptors (Lipinski definition) is 2. The maximum Gasteiger partial charge on any atom is 0.419 e. The first kappa shape index (κ1) is 25.9. The van der Waals surface area contributed by atoms with E-state index in [1.165, 1.54) is 0 Å². The zero-order chi connectivity index (χ0) is 26.8. The van der Waals surface area contributed by atoms with Crippen LogP contribution in [0.5, 0.6) is 0 Å². The molecule has 188 valence electrons. The highest BCUT2D eigenvalue weighted by Gasteiger charge is 2.43. The highest BCUT2D eigenvalue weighted by atomic mass is 19.4. The van der Waals surface area contributed by atoms with E-state index in [-0.39, 0.29) is 16.8 Å². The second-order valence-corrected chi connectivity index (χ2v) is 6.88. The van der Waals surface area contributed by atoms with Crippen molar-refractivity contribution in [2.24, 2.45) is 0 Å². The smallest absolute Gasteiger partial charge is 0.294 e. The number of benzene rings is 2. The number of halogens is 12. The number of alkyl halides is 6. The Morgan fingerprint density at radius 1 is 0.743 bits per heavy atom. The van der Waals surface area contributed by atoms with Gasteiger partial charge in [-0.15, -0.1) is 0 Å². The molecule has 0 spiro atoms. The Balaban J connectivity index is 2.30. The zero-order valence-electron chi connectivity index (χ0n) is 16.5. The number of ketones is 1. The van der Waals surface area contributed by atoms with Gasteiger partial charge >= 0.3 is 12.4 Å². The molecule has 0 amide bonds. The minimum absolute atomic E-state index is 0.332. The molecule has 0 fully saturated rings. The van der Waals surface area contributed by atoms with E-state index in [1.807, 2.05) is 0 Å². The highest BCUT2D eigenvalue weighted by Crippen LogP contribution is 2.39. The maximum atomic E-state index is 14.1. The van der Waals surface area contributed by atoms with Crippen LogP contribution in [0.2, 0.25) is 0 Å². The van der Waals surface area contributed by atoms with Crippen LogP contribution in [-0.2, 0) is 12.4 Å². The number of aromatic amines is 1. The minimum atomic E-state index is -5.72. The summed E-state index contributed by atoms with van der Waals surface area (Å²) in [5.41, 5.74) is -12.4. The molecular formula is C19H6F12N2O2. The van der Waals surface area contributed by atoms with Crippen molar-refractivity contribution in [1.82, 2.24) is 9.78 Å². The van der Waals surface area contributed by atoms with Crippen molar-refractivity contribution in [3.8, 4) is 5.69 Å². The summed E-state index contributed by atoms with van der Waals surface area (Å²) in [6, 6.07) is -0.664. The number of rotatable bonds is 3. The Kier molecular flexibility index (Phi) is 6.06. The van der Waals surface area contributed by atoms with E-state index in [0.717, 1.165) is 6.92 Å². The Labute approximate surface area is 184 Å². The molecular weight excluding hydrogens is 516 g/mol. The molecule has 1 heterocycles. The van der Waals surface area contributed by atoms with Gasteiger partial charge in [0.25, 0.3) is 5.56 Å². The summed E-state index contributed by atoms with van der Waals surface area (Å²) in [7, 11) is 0. The van der Waals surface area contributed by atoms with Crippen molar-refractivity contribution in [1.29, 1.82) is 0 Å². The monoisotopic (exact) mass is 522 g/mol. The van der Waals surface area contributed by atoms with Crippen LogP contribution in [0.15, 0.2) is 16.9 Å². The highest BCUT2D eigenvalue weighted by molar-refractivity contribution is 6.09.